The highest BCUT2D eigenvalue weighted by molar-refractivity contribution is 6.10. The van der Waals surface area contributed by atoms with Gasteiger partial charge in [0.2, 0.25) is 0 Å². The van der Waals surface area contributed by atoms with Gasteiger partial charge in [0.25, 0.3) is 0 Å². The molecule has 0 aliphatic heterocycles. The SMILES string of the molecule is Cc1ccc2c(c1)c1ccccc1n2-c1ccc(-c2ccc(-n3c4ccccc4c4ccccc43)cc2)cc1. The highest BCUT2D eigenvalue weighted by atomic mass is 15.0. The van der Waals surface area contributed by atoms with E-state index in [9.17, 15) is 0 Å². The smallest absolute Gasteiger partial charge is 0.0541 e. The van der Waals surface area contributed by atoms with Crippen molar-refractivity contribution in [2.45, 2.75) is 6.92 Å². The summed E-state index contributed by atoms with van der Waals surface area (Å²) in [5, 5.41) is 5.16. The van der Waals surface area contributed by atoms with Crippen molar-refractivity contribution in [1.29, 1.82) is 0 Å². The summed E-state index contributed by atoms with van der Waals surface area (Å²) in [6.45, 7) is 2.16. The molecule has 8 rings (SSSR count). The minimum atomic E-state index is 1.17. The Morgan fingerprint density at radius 3 is 1.21 bits per heavy atom. The minimum Gasteiger partial charge on any atom is -0.309 e. The van der Waals surface area contributed by atoms with Gasteiger partial charge in [-0.25, -0.2) is 0 Å². The zero-order valence-corrected chi connectivity index (χ0v) is 21.7. The molecule has 0 spiro atoms. The summed E-state index contributed by atoms with van der Waals surface area (Å²) in [4.78, 5) is 0. The average molecular weight is 499 g/mol. The Kier molecular flexibility index (Phi) is 4.77. The van der Waals surface area contributed by atoms with E-state index < -0.39 is 0 Å². The first-order chi connectivity index (χ1) is 19.3. The van der Waals surface area contributed by atoms with Crippen LogP contribution in [0.2, 0.25) is 0 Å². The molecule has 6 aromatic carbocycles. The fourth-order valence-electron chi connectivity index (χ4n) is 6.17. The van der Waals surface area contributed by atoms with Crippen LogP contribution < -0.4 is 0 Å². The van der Waals surface area contributed by atoms with Gasteiger partial charge in [-0.1, -0.05) is 90.5 Å². The van der Waals surface area contributed by atoms with Gasteiger partial charge in [-0.15, -0.1) is 0 Å². The van der Waals surface area contributed by atoms with Crippen LogP contribution in [0.25, 0.3) is 66.1 Å². The lowest BCUT2D eigenvalue weighted by Gasteiger charge is -2.11. The highest BCUT2D eigenvalue weighted by Gasteiger charge is 2.13. The van der Waals surface area contributed by atoms with Crippen LogP contribution in [0.3, 0.4) is 0 Å². The van der Waals surface area contributed by atoms with E-state index in [0.717, 1.165) is 0 Å². The Morgan fingerprint density at radius 2 is 0.744 bits per heavy atom. The van der Waals surface area contributed by atoms with E-state index in [0.29, 0.717) is 0 Å². The Hall–Kier alpha value is -5.08. The second-order valence-corrected chi connectivity index (χ2v) is 10.3. The van der Waals surface area contributed by atoms with Gasteiger partial charge in [-0.05, 0) is 72.6 Å². The van der Waals surface area contributed by atoms with Crippen molar-refractivity contribution in [2.75, 3.05) is 0 Å². The van der Waals surface area contributed by atoms with E-state index in [-0.39, 0.29) is 0 Å². The molecule has 0 atom stereocenters. The fraction of sp³-hybridized carbons (Fsp3) is 0.0270. The normalized spacial score (nSPS) is 11.7. The summed E-state index contributed by atoms with van der Waals surface area (Å²) < 4.78 is 4.74. The molecule has 0 unspecified atom stereocenters. The topological polar surface area (TPSA) is 9.86 Å². The second kappa shape index (κ2) is 8.47. The van der Waals surface area contributed by atoms with Crippen molar-refractivity contribution in [2.24, 2.45) is 0 Å². The third-order valence-corrected chi connectivity index (χ3v) is 7.99. The number of aryl methyl sites for hydroxylation is 1. The number of hydrogen-bond donors (Lipinski definition) is 0. The number of aromatic nitrogens is 2. The van der Waals surface area contributed by atoms with Gasteiger partial charge in [0.1, 0.15) is 0 Å². The first-order valence-corrected chi connectivity index (χ1v) is 13.5. The zero-order valence-electron chi connectivity index (χ0n) is 21.7. The van der Waals surface area contributed by atoms with Crippen LogP contribution in [-0.2, 0) is 0 Å². The first-order valence-electron chi connectivity index (χ1n) is 13.5. The Bertz CT molecular complexity index is 2100. The highest BCUT2D eigenvalue weighted by Crippen LogP contribution is 2.35. The molecule has 0 radical (unpaired) electrons. The van der Waals surface area contributed by atoms with Crippen molar-refractivity contribution >= 4 is 43.6 Å². The Labute approximate surface area is 227 Å². The second-order valence-electron chi connectivity index (χ2n) is 10.3. The lowest BCUT2D eigenvalue weighted by Crippen LogP contribution is -1.94. The molecule has 2 heteroatoms. The quantitative estimate of drug-likeness (QED) is 0.229. The van der Waals surface area contributed by atoms with Crippen LogP contribution in [0.15, 0.2) is 140 Å². The molecule has 2 aromatic heterocycles. The Balaban J connectivity index is 1.20. The maximum absolute atomic E-state index is 2.37. The van der Waals surface area contributed by atoms with Crippen molar-refractivity contribution in [3.63, 3.8) is 0 Å². The standard InChI is InChI=1S/C37H26N2/c1-25-14-23-37-33(24-25)32-10-4-7-13-36(32)39(37)29-21-17-27(18-22-29)26-15-19-28(20-16-26)38-34-11-5-2-8-30(34)31-9-3-6-12-35(31)38/h2-24H,1H3. The van der Waals surface area contributed by atoms with Crippen LogP contribution in [-0.4, -0.2) is 9.13 Å². The summed E-state index contributed by atoms with van der Waals surface area (Å²) in [5.74, 6) is 0. The molecular formula is C37H26N2. The van der Waals surface area contributed by atoms with Crippen LogP contribution in [0.4, 0.5) is 0 Å². The molecule has 8 aromatic rings. The molecule has 0 aliphatic carbocycles. The molecule has 2 heterocycles. The number of rotatable bonds is 3. The van der Waals surface area contributed by atoms with Gasteiger partial charge < -0.3 is 9.13 Å². The summed E-state index contributed by atoms with van der Waals surface area (Å²) in [6, 6.07) is 50.6. The number of para-hydroxylation sites is 3. The van der Waals surface area contributed by atoms with E-state index in [1.165, 1.54) is 71.7 Å². The molecular weight excluding hydrogens is 472 g/mol. The maximum Gasteiger partial charge on any atom is 0.0541 e. The van der Waals surface area contributed by atoms with Crippen molar-refractivity contribution in [1.82, 2.24) is 9.13 Å². The van der Waals surface area contributed by atoms with Crippen LogP contribution in [0, 0.1) is 6.92 Å². The van der Waals surface area contributed by atoms with E-state index in [1.54, 1.807) is 0 Å². The monoisotopic (exact) mass is 498 g/mol. The predicted octanol–water partition coefficient (Wildman–Crippen LogP) is 9.86. The largest absolute Gasteiger partial charge is 0.309 e. The molecule has 0 saturated carbocycles. The lowest BCUT2D eigenvalue weighted by molar-refractivity contribution is 1.18. The van der Waals surface area contributed by atoms with E-state index >= 15 is 0 Å². The van der Waals surface area contributed by atoms with E-state index in [1.807, 2.05) is 0 Å². The van der Waals surface area contributed by atoms with Gasteiger partial charge >= 0.3 is 0 Å². The van der Waals surface area contributed by atoms with Crippen molar-refractivity contribution < 1.29 is 0 Å². The average Bonchev–Trinajstić information content (AvgIpc) is 3.50. The van der Waals surface area contributed by atoms with Gasteiger partial charge in [0.15, 0.2) is 0 Å². The number of fused-ring (bicyclic) bond motifs is 6. The zero-order chi connectivity index (χ0) is 25.9. The van der Waals surface area contributed by atoms with E-state index in [4.69, 9.17) is 0 Å². The number of hydrogen-bond acceptors (Lipinski definition) is 0. The molecule has 0 fully saturated rings. The van der Waals surface area contributed by atoms with Crippen molar-refractivity contribution in [3.05, 3.63) is 145 Å². The molecule has 0 amide bonds. The van der Waals surface area contributed by atoms with Gasteiger partial charge in [-0.3, -0.25) is 0 Å². The van der Waals surface area contributed by atoms with Crippen LogP contribution in [0.5, 0.6) is 0 Å². The first kappa shape index (κ1) is 22.0. The Morgan fingerprint density at radius 1 is 0.359 bits per heavy atom. The molecule has 39 heavy (non-hydrogen) atoms. The van der Waals surface area contributed by atoms with Crippen molar-refractivity contribution in [3.8, 4) is 22.5 Å². The molecule has 0 N–H and O–H groups in total. The third kappa shape index (κ3) is 3.35. The maximum atomic E-state index is 2.37. The number of nitrogens with zero attached hydrogens (tertiary/aromatic N) is 2. The van der Waals surface area contributed by atoms with Gasteiger partial charge in [0.05, 0.1) is 22.1 Å². The molecule has 0 aliphatic rings. The molecule has 2 nitrogen and oxygen atoms in total. The van der Waals surface area contributed by atoms with Crippen LogP contribution in [0.1, 0.15) is 5.56 Å². The predicted molar refractivity (Wildman–Crippen MR) is 165 cm³/mol. The lowest BCUT2D eigenvalue weighted by atomic mass is 10.0. The molecule has 184 valence electrons. The molecule has 0 bridgehead atoms. The summed E-state index contributed by atoms with van der Waals surface area (Å²) in [5.41, 5.74) is 11.0. The van der Waals surface area contributed by atoms with Gasteiger partial charge in [0, 0.05) is 32.9 Å². The number of benzene rings is 6. The fourth-order valence-corrected chi connectivity index (χ4v) is 6.17. The summed E-state index contributed by atoms with van der Waals surface area (Å²) in [6.07, 6.45) is 0. The van der Waals surface area contributed by atoms with E-state index in [2.05, 4.69) is 156 Å². The van der Waals surface area contributed by atoms with Crippen LogP contribution >= 0.6 is 0 Å². The summed E-state index contributed by atoms with van der Waals surface area (Å²) in [7, 11) is 0. The summed E-state index contributed by atoms with van der Waals surface area (Å²) >= 11 is 0. The third-order valence-electron chi connectivity index (χ3n) is 7.99. The minimum absolute atomic E-state index is 1.17. The molecule has 0 saturated heterocycles. The van der Waals surface area contributed by atoms with Gasteiger partial charge in [-0.2, -0.15) is 0 Å².